The molecule has 0 saturated heterocycles. The first-order chi connectivity index (χ1) is 5.59. The predicted molar refractivity (Wildman–Crippen MR) is 59.3 cm³/mol. The van der Waals surface area contributed by atoms with Crippen LogP contribution in [0.1, 0.15) is 0 Å². The molecule has 0 atom stereocenters. The van der Waals surface area contributed by atoms with E-state index in [-0.39, 0.29) is 5.56 Å². The fourth-order valence-corrected chi connectivity index (χ4v) is 1.32. The molecule has 1 rings (SSSR count). The predicted octanol–water partition coefficient (Wildman–Crippen LogP) is 1.76. The van der Waals surface area contributed by atoms with E-state index in [1.807, 2.05) is 22.6 Å². The van der Waals surface area contributed by atoms with Crippen LogP contribution in [0.3, 0.4) is 0 Å². The summed E-state index contributed by atoms with van der Waals surface area (Å²) < 4.78 is 2.92. The van der Waals surface area contributed by atoms with Crippen molar-refractivity contribution in [2.75, 3.05) is 0 Å². The highest BCUT2D eigenvalue weighted by molar-refractivity contribution is 14.1. The Morgan fingerprint density at radius 1 is 1.83 bits per heavy atom. The van der Waals surface area contributed by atoms with Crippen molar-refractivity contribution in [3.8, 4) is 0 Å². The molecule has 0 bridgehead atoms. The lowest BCUT2D eigenvalue weighted by atomic mass is 10.5. The number of rotatable bonds is 2. The average Bonchev–Trinajstić information content (AvgIpc) is 1.94. The van der Waals surface area contributed by atoms with Crippen molar-refractivity contribution in [2.24, 2.45) is 0 Å². The zero-order chi connectivity index (χ0) is 9.14. The van der Waals surface area contributed by atoms with E-state index >= 15 is 0 Å². The summed E-state index contributed by atoms with van der Waals surface area (Å²) >= 11 is 5.21. The molecule has 1 heterocycles. The van der Waals surface area contributed by atoms with E-state index in [0.29, 0.717) is 6.54 Å². The number of aromatic nitrogens is 2. The molecule has 0 aliphatic rings. The molecule has 0 spiro atoms. The number of nitrogens with zero attached hydrogens (tertiary/aromatic N) is 2. The average molecular weight is 341 g/mol. The molecule has 3 nitrogen and oxygen atoms in total. The lowest BCUT2D eigenvalue weighted by Crippen LogP contribution is -2.22. The van der Waals surface area contributed by atoms with E-state index in [2.05, 4.69) is 27.6 Å². The minimum absolute atomic E-state index is 0.109. The van der Waals surface area contributed by atoms with Crippen molar-refractivity contribution in [1.29, 1.82) is 0 Å². The highest BCUT2D eigenvalue weighted by Gasteiger charge is 1.97. The molecular formula is C7H6BrIN2O. The van der Waals surface area contributed by atoms with Crippen LogP contribution >= 0.6 is 38.5 Å². The fourth-order valence-electron chi connectivity index (χ4n) is 0.693. The Morgan fingerprint density at radius 2 is 2.50 bits per heavy atom. The number of halogens is 2. The molecular weight excluding hydrogens is 335 g/mol. The van der Waals surface area contributed by atoms with Crippen molar-refractivity contribution in [3.63, 3.8) is 0 Å². The van der Waals surface area contributed by atoms with Crippen LogP contribution in [0.5, 0.6) is 0 Å². The van der Waals surface area contributed by atoms with E-state index < -0.39 is 0 Å². The lowest BCUT2D eigenvalue weighted by Gasteiger charge is -2.00. The maximum absolute atomic E-state index is 11.2. The molecule has 0 aliphatic carbocycles. The van der Waals surface area contributed by atoms with Crippen LogP contribution in [0, 0.1) is 3.57 Å². The zero-order valence-corrected chi connectivity index (χ0v) is 9.87. The lowest BCUT2D eigenvalue weighted by molar-refractivity contribution is 0.646. The second kappa shape index (κ2) is 4.18. The Labute approximate surface area is 91.7 Å². The molecule has 0 unspecified atom stereocenters. The Balaban J connectivity index is 3.02. The summed E-state index contributed by atoms with van der Waals surface area (Å²) in [4.78, 5) is 11.2. The normalized spacial score (nSPS) is 9.83. The molecule has 0 radical (unpaired) electrons. The third-order valence-electron chi connectivity index (χ3n) is 1.16. The van der Waals surface area contributed by atoms with Crippen LogP contribution in [-0.4, -0.2) is 9.78 Å². The summed E-state index contributed by atoms with van der Waals surface area (Å²) in [6.45, 7) is 4.04. The first-order valence-corrected chi connectivity index (χ1v) is 5.03. The molecule has 5 heteroatoms. The largest absolute Gasteiger partial charge is 0.268 e. The Bertz CT molecular complexity index is 361. The topological polar surface area (TPSA) is 34.9 Å². The first-order valence-electron chi connectivity index (χ1n) is 3.15. The Kier molecular flexibility index (Phi) is 3.45. The van der Waals surface area contributed by atoms with Gasteiger partial charge in [-0.3, -0.25) is 4.79 Å². The minimum Gasteiger partial charge on any atom is -0.268 e. The van der Waals surface area contributed by atoms with Gasteiger partial charge in [-0.05, 0) is 22.6 Å². The molecule has 0 saturated carbocycles. The van der Waals surface area contributed by atoms with Gasteiger partial charge in [0.1, 0.15) is 0 Å². The third kappa shape index (κ3) is 2.71. The summed E-state index contributed by atoms with van der Waals surface area (Å²) in [5, 5.41) is 3.92. The van der Waals surface area contributed by atoms with E-state index in [1.165, 1.54) is 10.7 Å². The van der Waals surface area contributed by atoms with Crippen LogP contribution in [-0.2, 0) is 6.54 Å². The zero-order valence-electron chi connectivity index (χ0n) is 6.13. The van der Waals surface area contributed by atoms with Crippen LogP contribution in [0.4, 0.5) is 0 Å². The summed E-state index contributed by atoms with van der Waals surface area (Å²) in [6.07, 6.45) is 1.64. The van der Waals surface area contributed by atoms with Gasteiger partial charge in [-0.15, -0.1) is 0 Å². The number of hydrogen-bond donors (Lipinski definition) is 0. The molecule has 1 aromatic rings. The van der Waals surface area contributed by atoms with Gasteiger partial charge in [-0.25, -0.2) is 4.68 Å². The molecule has 0 amide bonds. The van der Waals surface area contributed by atoms with Gasteiger partial charge >= 0.3 is 0 Å². The Morgan fingerprint density at radius 3 is 3.00 bits per heavy atom. The van der Waals surface area contributed by atoms with Gasteiger partial charge in [0.15, 0.2) is 0 Å². The molecule has 1 aromatic heterocycles. The van der Waals surface area contributed by atoms with Crippen LogP contribution < -0.4 is 5.56 Å². The monoisotopic (exact) mass is 340 g/mol. The first kappa shape index (κ1) is 9.91. The van der Waals surface area contributed by atoms with Gasteiger partial charge in [0, 0.05) is 14.1 Å². The van der Waals surface area contributed by atoms with Crippen molar-refractivity contribution in [3.05, 3.63) is 37.2 Å². The highest BCUT2D eigenvalue weighted by Crippen LogP contribution is 2.02. The van der Waals surface area contributed by atoms with E-state index in [1.54, 1.807) is 6.20 Å². The van der Waals surface area contributed by atoms with Gasteiger partial charge in [-0.2, -0.15) is 5.10 Å². The Hall–Kier alpha value is -0.170. The minimum atomic E-state index is -0.109. The van der Waals surface area contributed by atoms with Crippen LogP contribution in [0.15, 0.2) is 28.1 Å². The fraction of sp³-hybridized carbons (Fsp3) is 0.143. The number of allylic oxidation sites excluding steroid dienone is 1. The van der Waals surface area contributed by atoms with Gasteiger partial charge in [-0.1, -0.05) is 22.5 Å². The smallest absolute Gasteiger partial charge is 0.268 e. The number of hydrogen-bond acceptors (Lipinski definition) is 2. The van der Waals surface area contributed by atoms with Crippen molar-refractivity contribution in [2.45, 2.75) is 6.54 Å². The highest BCUT2D eigenvalue weighted by atomic mass is 127. The van der Waals surface area contributed by atoms with Crippen molar-refractivity contribution in [1.82, 2.24) is 9.78 Å². The van der Waals surface area contributed by atoms with Gasteiger partial charge < -0.3 is 0 Å². The van der Waals surface area contributed by atoms with Crippen molar-refractivity contribution < 1.29 is 0 Å². The molecule has 0 fully saturated rings. The summed E-state index contributed by atoms with van der Waals surface area (Å²) in [5.74, 6) is 0. The molecule has 0 aromatic carbocycles. The molecule has 12 heavy (non-hydrogen) atoms. The van der Waals surface area contributed by atoms with Gasteiger partial charge in [0.25, 0.3) is 5.56 Å². The summed E-state index contributed by atoms with van der Waals surface area (Å²) in [5.41, 5.74) is -0.109. The molecule has 0 N–H and O–H groups in total. The SMILES string of the molecule is C=C(Br)Cn1ncc(I)cc1=O. The molecule has 0 aliphatic heterocycles. The summed E-state index contributed by atoms with van der Waals surface area (Å²) in [6, 6.07) is 1.53. The van der Waals surface area contributed by atoms with E-state index in [0.717, 1.165) is 8.05 Å². The second-order valence-electron chi connectivity index (χ2n) is 2.19. The summed E-state index contributed by atoms with van der Waals surface area (Å²) in [7, 11) is 0. The molecule has 64 valence electrons. The quantitative estimate of drug-likeness (QED) is 0.769. The standard InChI is InChI=1S/C7H6BrIN2O/c1-5(8)4-11-7(12)2-6(9)3-10-11/h2-3H,1,4H2. The van der Waals surface area contributed by atoms with Gasteiger partial charge in [0.05, 0.1) is 12.7 Å². The van der Waals surface area contributed by atoms with Gasteiger partial charge in [0.2, 0.25) is 0 Å². The second-order valence-corrected chi connectivity index (χ2v) is 4.55. The van der Waals surface area contributed by atoms with Crippen LogP contribution in [0.25, 0.3) is 0 Å². The van der Waals surface area contributed by atoms with Crippen molar-refractivity contribution >= 4 is 38.5 Å². The van der Waals surface area contributed by atoms with Crippen LogP contribution in [0.2, 0.25) is 0 Å². The third-order valence-corrected chi connectivity index (χ3v) is 2.00. The van der Waals surface area contributed by atoms with E-state index in [9.17, 15) is 4.79 Å². The maximum atomic E-state index is 11.2. The van der Waals surface area contributed by atoms with E-state index in [4.69, 9.17) is 0 Å². The maximum Gasteiger partial charge on any atom is 0.268 e.